The van der Waals surface area contributed by atoms with Crippen LogP contribution in [0.4, 0.5) is 0 Å². The highest BCUT2D eigenvalue weighted by molar-refractivity contribution is 8.00. The molecule has 4 N–H and O–H groups in total. The van der Waals surface area contributed by atoms with Crippen LogP contribution in [0, 0.1) is 6.92 Å². The van der Waals surface area contributed by atoms with E-state index < -0.39 is 34.7 Å². The van der Waals surface area contributed by atoms with E-state index in [0.717, 1.165) is 11.1 Å². The lowest BCUT2D eigenvalue weighted by Crippen LogP contribution is -2.58. The Morgan fingerprint density at radius 3 is 2.50 bits per heavy atom. The van der Waals surface area contributed by atoms with Crippen LogP contribution in [0.2, 0.25) is 0 Å². The summed E-state index contributed by atoms with van der Waals surface area (Å²) in [5.74, 6) is -1.32. The highest BCUT2D eigenvalue weighted by Crippen LogP contribution is 2.40. The predicted molar refractivity (Wildman–Crippen MR) is 154 cm³/mol. The second kappa shape index (κ2) is 12.5. The van der Waals surface area contributed by atoms with E-state index in [1.807, 2.05) is 50.2 Å². The Morgan fingerprint density at radius 1 is 1.07 bits per heavy atom. The van der Waals surface area contributed by atoms with Crippen molar-refractivity contribution in [2.75, 3.05) is 5.88 Å². The number of carbonyl (C=O) groups is 3. The Morgan fingerprint density at radius 2 is 1.80 bits per heavy atom. The van der Waals surface area contributed by atoms with Gasteiger partial charge >= 0.3 is 0 Å². The Hall–Kier alpha value is -3.89. The molecular weight excluding hydrogens is 528 g/mol. The smallest absolute Gasteiger partial charge is 0.254 e. The van der Waals surface area contributed by atoms with Gasteiger partial charge in [-0.3, -0.25) is 19.4 Å². The number of hydrogen-bond acceptors (Lipinski definition) is 7. The van der Waals surface area contributed by atoms with E-state index >= 15 is 0 Å². The van der Waals surface area contributed by atoms with Gasteiger partial charge in [-0.1, -0.05) is 42.5 Å². The number of thioether (sulfide) groups is 1. The maximum absolute atomic E-state index is 13.8. The lowest BCUT2D eigenvalue weighted by atomic mass is 9.96. The molecule has 0 aliphatic carbocycles. The SMILES string of the molecule is Cc1c(O)cccc1C(=O)N[C@@H](Cc1ccccc1)[C@H](O)C(=O)N1CSC(C)(C)[C@@H]1C(=O)NCc1cccnc1. The molecule has 2 heterocycles. The van der Waals surface area contributed by atoms with Crippen LogP contribution in [0.5, 0.6) is 5.75 Å². The van der Waals surface area contributed by atoms with Gasteiger partial charge in [-0.15, -0.1) is 11.8 Å². The van der Waals surface area contributed by atoms with Gasteiger partial charge < -0.3 is 25.7 Å². The van der Waals surface area contributed by atoms with Crippen LogP contribution in [0.25, 0.3) is 0 Å². The van der Waals surface area contributed by atoms with E-state index in [1.54, 1.807) is 37.5 Å². The summed E-state index contributed by atoms with van der Waals surface area (Å²) in [6.07, 6.45) is 1.87. The first kappa shape index (κ1) is 29.1. The number of pyridine rings is 1. The van der Waals surface area contributed by atoms with Gasteiger partial charge in [0, 0.05) is 34.8 Å². The van der Waals surface area contributed by atoms with E-state index in [4.69, 9.17) is 0 Å². The van der Waals surface area contributed by atoms with Crippen LogP contribution in [0.1, 0.15) is 40.9 Å². The van der Waals surface area contributed by atoms with Crippen LogP contribution in [0.15, 0.2) is 73.1 Å². The van der Waals surface area contributed by atoms with Crippen molar-refractivity contribution in [1.82, 2.24) is 20.5 Å². The summed E-state index contributed by atoms with van der Waals surface area (Å²) in [5, 5.41) is 27.2. The standard InChI is InChI=1S/C30H34N4O5S/c1-19-22(12-7-13-24(19)35)27(37)33-23(15-20-9-5-4-6-10-20)25(36)29(39)34-18-40-30(2,3)26(34)28(38)32-17-21-11-8-14-31-16-21/h4-14,16,23,25-26,35-36H,15,17-18H2,1-3H3,(H,32,38)(H,33,37)/t23-,25-,26-/m0/s1. The summed E-state index contributed by atoms with van der Waals surface area (Å²) in [6, 6.07) is 15.6. The number of aliphatic hydroxyl groups is 1. The molecule has 10 heteroatoms. The van der Waals surface area contributed by atoms with E-state index in [-0.39, 0.29) is 36.1 Å². The molecular formula is C30H34N4O5S. The Labute approximate surface area is 238 Å². The molecule has 40 heavy (non-hydrogen) atoms. The monoisotopic (exact) mass is 562 g/mol. The molecule has 0 bridgehead atoms. The zero-order chi connectivity index (χ0) is 28.9. The van der Waals surface area contributed by atoms with Crippen LogP contribution in [-0.2, 0) is 22.6 Å². The highest BCUT2D eigenvalue weighted by atomic mass is 32.2. The molecule has 210 valence electrons. The molecule has 3 atom stereocenters. The summed E-state index contributed by atoms with van der Waals surface area (Å²) in [4.78, 5) is 45.8. The number of rotatable bonds is 9. The zero-order valence-corrected chi connectivity index (χ0v) is 23.5. The molecule has 1 aliphatic heterocycles. The van der Waals surface area contributed by atoms with Crippen LogP contribution < -0.4 is 10.6 Å². The van der Waals surface area contributed by atoms with Gasteiger partial charge in [0.1, 0.15) is 11.8 Å². The normalized spacial score (nSPS) is 17.6. The second-order valence-electron chi connectivity index (χ2n) is 10.3. The molecule has 0 radical (unpaired) electrons. The molecule has 2 aromatic carbocycles. The number of phenolic OH excluding ortho intramolecular Hbond substituents is 1. The Kier molecular flexibility index (Phi) is 9.11. The third kappa shape index (κ3) is 6.63. The van der Waals surface area contributed by atoms with Gasteiger partial charge in [0.25, 0.3) is 11.8 Å². The molecule has 1 fully saturated rings. The largest absolute Gasteiger partial charge is 0.508 e. The number of benzene rings is 2. The summed E-state index contributed by atoms with van der Waals surface area (Å²) >= 11 is 1.45. The van der Waals surface area contributed by atoms with Crippen molar-refractivity contribution in [3.63, 3.8) is 0 Å². The molecule has 0 spiro atoms. The predicted octanol–water partition coefficient (Wildman–Crippen LogP) is 2.79. The van der Waals surface area contributed by atoms with Crippen molar-refractivity contribution in [3.8, 4) is 5.75 Å². The van der Waals surface area contributed by atoms with Crippen molar-refractivity contribution >= 4 is 29.5 Å². The Bertz CT molecular complexity index is 1350. The summed E-state index contributed by atoms with van der Waals surface area (Å²) < 4.78 is -0.606. The highest BCUT2D eigenvalue weighted by Gasteiger charge is 2.49. The van der Waals surface area contributed by atoms with E-state index in [0.29, 0.717) is 5.56 Å². The van der Waals surface area contributed by atoms with E-state index in [1.165, 1.54) is 22.7 Å². The second-order valence-corrected chi connectivity index (χ2v) is 11.9. The number of aromatic hydroxyl groups is 1. The number of nitrogens with one attached hydrogen (secondary N) is 2. The summed E-state index contributed by atoms with van der Waals surface area (Å²) in [5.41, 5.74) is 2.27. The first-order chi connectivity index (χ1) is 19.1. The first-order valence-corrected chi connectivity index (χ1v) is 14.0. The molecule has 0 saturated carbocycles. The van der Waals surface area contributed by atoms with Gasteiger partial charge in [-0.05, 0) is 56.5 Å². The van der Waals surface area contributed by atoms with Crippen LogP contribution in [-0.4, -0.2) is 66.6 Å². The molecule has 1 saturated heterocycles. The summed E-state index contributed by atoms with van der Waals surface area (Å²) in [6.45, 7) is 5.65. The third-order valence-corrected chi connectivity index (χ3v) is 8.44. The third-order valence-electron chi connectivity index (χ3n) is 7.07. The first-order valence-electron chi connectivity index (χ1n) is 13.0. The average molecular weight is 563 g/mol. The fourth-order valence-electron chi connectivity index (χ4n) is 4.77. The molecule has 1 aromatic heterocycles. The van der Waals surface area contributed by atoms with Crippen molar-refractivity contribution in [2.45, 2.75) is 56.7 Å². The van der Waals surface area contributed by atoms with Gasteiger partial charge in [0.15, 0.2) is 6.10 Å². The molecule has 4 rings (SSSR count). The minimum atomic E-state index is -1.62. The lowest BCUT2D eigenvalue weighted by molar-refractivity contribution is -0.147. The number of aromatic nitrogens is 1. The topological polar surface area (TPSA) is 132 Å². The maximum atomic E-state index is 13.8. The minimum absolute atomic E-state index is 0.0275. The van der Waals surface area contributed by atoms with Crippen molar-refractivity contribution in [2.24, 2.45) is 0 Å². The molecule has 1 aliphatic rings. The number of hydrogen-bond donors (Lipinski definition) is 4. The zero-order valence-electron chi connectivity index (χ0n) is 22.7. The Balaban J connectivity index is 1.56. The van der Waals surface area contributed by atoms with Gasteiger partial charge in [-0.2, -0.15) is 0 Å². The fourth-order valence-corrected chi connectivity index (χ4v) is 5.91. The molecule has 3 aromatic rings. The average Bonchev–Trinajstić information content (AvgIpc) is 3.27. The number of amides is 3. The van der Waals surface area contributed by atoms with Gasteiger partial charge in [0.2, 0.25) is 5.91 Å². The minimum Gasteiger partial charge on any atom is -0.508 e. The molecule has 0 unspecified atom stereocenters. The van der Waals surface area contributed by atoms with Crippen LogP contribution >= 0.6 is 11.8 Å². The maximum Gasteiger partial charge on any atom is 0.254 e. The van der Waals surface area contributed by atoms with Gasteiger partial charge in [-0.25, -0.2) is 0 Å². The quantitative estimate of drug-likeness (QED) is 0.315. The molecule has 3 amide bonds. The number of carbonyl (C=O) groups excluding carboxylic acids is 3. The fraction of sp³-hybridized carbons (Fsp3) is 0.333. The molecule has 9 nitrogen and oxygen atoms in total. The van der Waals surface area contributed by atoms with Crippen LogP contribution in [0.3, 0.4) is 0 Å². The van der Waals surface area contributed by atoms with Crippen molar-refractivity contribution in [1.29, 1.82) is 0 Å². The number of nitrogens with zero attached hydrogens (tertiary/aromatic N) is 2. The summed E-state index contributed by atoms with van der Waals surface area (Å²) in [7, 11) is 0. The van der Waals surface area contributed by atoms with Gasteiger partial charge in [0.05, 0.1) is 11.9 Å². The van der Waals surface area contributed by atoms with E-state index in [9.17, 15) is 24.6 Å². The lowest BCUT2D eigenvalue weighted by Gasteiger charge is -2.33. The van der Waals surface area contributed by atoms with Crippen molar-refractivity contribution in [3.05, 3.63) is 95.3 Å². The number of phenols is 1. The van der Waals surface area contributed by atoms with Crippen molar-refractivity contribution < 1.29 is 24.6 Å². The van der Waals surface area contributed by atoms with E-state index in [2.05, 4.69) is 15.6 Å². The number of aliphatic hydroxyl groups excluding tert-OH is 1.